The fourth-order valence-corrected chi connectivity index (χ4v) is 2.08. The van der Waals surface area contributed by atoms with Crippen LogP contribution in [0, 0.1) is 0 Å². The summed E-state index contributed by atoms with van der Waals surface area (Å²) in [4.78, 5) is 10.9. The molecule has 0 spiro atoms. The number of nitrogens with two attached hydrogens (primary N) is 1. The number of rotatable bonds is 2. The molecule has 3 N–H and O–H groups in total. The minimum Gasteiger partial charge on any atom is -0.347 e. The maximum atomic E-state index is 5.54. The third kappa shape index (κ3) is 2.09. The van der Waals surface area contributed by atoms with E-state index in [1.807, 2.05) is 19.0 Å². The molecule has 0 aromatic carbocycles. The van der Waals surface area contributed by atoms with Gasteiger partial charge in [-0.2, -0.15) is 4.98 Å². The van der Waals surface area contributed by atoms with Gasteiger partial charge in [0.05, 0.1) is 5.69 Å². The molecule has 0 saturated carbocycles. The van der Waals surface area contributed by atoms with Gasteiger partial charge in [0.15, 0.2) is 0 Å². The Morgan fingerprint density at radius 2 is 1.88 bits per heavy atom. The van der Waals surface area contributed by atoms with Crippen LogP contribution in [0.15, 0.2) is 0 Å². The quantitative estimate of drug-likeness (QED) is 0.444. The Labute approximate surface area is 96.0 Å². The molecule has 1 aliphatic carbocycles. The molecule has 0 radical (unpaired) electrons. The molecule has 1 aromatic rings. The van der Waals surface area contributed by atoms with E-state index in [-0.39, 0.29) is 0 Å². The van der Waals surface area contributed by atoms with E-state index in [0.717, 1.165) is 30.3 Å². The number of hydrogen-bond acceptors (Lipinski definition) is 5. The smallest absolute Gasteiger partial charge is 0.227 e. The van der Waals surface area contributed by atoms with Gasteiger partial charge in [-0.1, -0.05) is 6.42 Å². The van der Waals surface area contributed by atoms with Crippen LogP contribution in [-0.4, -0.2) is 24.1 Å². The molecular formula is C11H19N5. The lowest BCUT2D eigenvalue weighted by atomic mass is 10.1. The van der Waals surface area contributed by atoms with Crippen LogP contribution in [0.3, 0.4) is 0 Å². The lowest BCUT2D eigenvalue weighted by molar-refractivity contribution is 0.708. The van der Waals surface area contributed by atoms with Crippen molar-refractivity contribution in [3.05, 3.63) is 11.3 Å². The van der Waals surface area contributed by atoms with Gasteiger partial charge in [0.2, 0.25) is 5.95 Å². The van der Waals surface area contributed by atoms with Gasteiger partial charge in [-0.3, -0.25) is 0 Å². The summed E-state index contributed by atoms with van der Waals surface area (Å²) in [6, 6.07) is 0. The van der Waals surface area contributed by atoms with Gasteiger partial charge in [0, 0.05) is 19.7 Å². The SMILES string of the molecule is CN(C)c1nc2c(c(NN)n1)CCCCC2. The second-order valence-electron chi connectivity index (χ2n) is 4.40. The van der Waals surface area contributed by atoms with Crippen molar-refractivity contribution in [1.29, 1.82) is 0 Å². The number of anilines is 2. The normalized spacial score (nSPS) is 15.2. The number of aryl methyl sites for hydroxylation is 1. The van der Waals surface area contributed by atoms with E-state index in [0.29, 0.717) is 0 Å². The molecule has 5 nitrogen and oxygen atoms in total. The van der Waals surface area contributed by atoms with Gasteiger partial charge >= 0.3 is 0 Å². The fourth-order valence-electron chi connectivity index (χ4n) is 2.08. The molecule has 0 unspecified atom stereocenters. The molecule has 0 saturated heterocycles. The highest BCUT2D eigenvalue weighted by Gasteiger charge is 2.16. The molecule has 88 valence electrons. The van der Waals surface area contributed by atoms with E-state index in [1.165, 1.54) is 24.8 Å². The van der Waals surface area contributed by atoms with E-state index in [9.17, 15) is 0 Å². The zero-order valence-electron chi connectivity index (χ0n) is 9.95. The molecule has 0 fully saturated rings. The monoisotopic (exact) mass is 221 g/mol. The standard InChI is InChI=1S/C11H19N5/c1-16(2)11-13-9-7-5-3-4-6-8(9)10(14-11)15-12/h3-7,12H2,1-2H3,(H,13,14,15). The van der Waals surface area contributed by atoms with Crippen molar-refractivity contribution >= 4 is 11.8 Å². The number of nitrogen functional groups attached to an aromatic ring is 1. The summed E-state index contributed by atoms with van der Waals surface area (Å²) >= 11 is 0. The van der Waals surface area contributed by atoms with Crippen LogP contribution >= 0.6 is 0 Å². The summed E-state index contributed by atoms with van der Waals surface area (Å²) in [7, 11) is 3.89. The van der Waals surface area contributed by atoms with E-state index in [4.69, 9.17) is 5.84 Å². The summed E-state index contributed by atoms with van der Waals surface area (Å²) in [6.45, 7) is 0. The summed E-state index contributed by atoms with van der Waals surface area (Å²) in [5.41, 5.74) is 5.06. The molecular weight excluding hydrogens is 202 g/mol. The predicted octanol–water partition coefficient (Wildman–Crippen LogP) is 1.10. The second kappa shape index (κ2) is 4.65. The van der Waals surface area contributed by atoms with Crippen molar-refractivity contribution in [1.82, 2.24) is 9.97 Å². The van der Waals surface area contributed by atoms with Gasteiger partial charge in [-0.25, -0.2) is 10.8 Å². The lowest BCUT2D eigenvalue weighted by Crippen LogP contribution is -2.19. The Morgan fingerprint density at radius 1 is 1.12 bits per heavy atom. The molecule has 0 bridgehead atoms. The van der Waals surface area contributed by atoms with Crippen LogP contribution in [0.25, 0.3) is 0 Å². The number of hydrogen-bond donors (Lipinski definition) is 2. The lowest BCUT2D eigenvalue weighted by Gasteiger charge is -2.16. The number of aromatic nitrogens is 2. The van der Waals surface area contributed by atoms with Crippen molar-refractivity contribution < 1.29 is 0 Å². The molecule has 5 heteroatoms. The molecule has 0 atom stereocenters. The number of nitrogens with zero attached hydrogens (tertiary/aromatic N) is 3. The first-order valence-corrected chi connectivity index (χ1v) is 5.76. The first-order valence-electron chi connectivity index (χ1n) is 5.76. The predicted molar refractivity (Wildman–Crippen MR) is 65.4 cm³/mol. The van der Waals surface area contributed by atoms with Gasteiger partial charge in [-0.05, 0) is 25.7 Å². The average Bonchev–Trinajstić information content (AvgIpc) is 2.52. The maximum Gasteiger partial charge on any atom is 0.227 e. The highest BCUT2D eigenvalue weighted by Crippen LogP contribution is 2.25. The van der Waals surface area contributed by atoms with Crippen molar-refractivity contribution in [3.8, 4) is 0 Å². The Morgan fingerprint density at radius 3 is 2.56 bits per heavy atom. The zero-order chi connectivity index (χ0) is 11.5. The van der Waals surface area contributed by atoms with E-state index in [1.54, 1.807) is 0 Å². The van der Waals surface area contributed by atoms with Gasteiger partial charge in [0.1, 0.15) is 5.82 Å². The number of nitrogens with one attached hydrogen (secondary N) is 1. The summed E-state index contributed by atoms with van der Waals surface area (Å²) in [5, 5.41) is 0. The van der Waals surface area contributed by atoms with Crippen LogP contribution in [0.1, 0.15) is 30.5 Å². The average molecular weight is 221 g/mol. The molecule has 1 aromatic heterocycles. The van der Waals surface area contributed by atoms with E-state index in [2.05, 4.69) is 15.4 Å². The van der Waals surface area contributed by atoms with Crippen molar-refractivity contribution in [2.24, 2.45) is 5.84 Å². The number of fused-ring (bicyclic) bond motifs is 1. The molecule has 1 aliphatic rings. The van der Waals surface area contributed by atoms with Crippen LogP contribution in [0.5, 0.6) is 0 Å². The van der Waals surface area contributed by atoms with Crippen molar-refractivity contribution in [2.75, 3.05) is 24.4 Å². The van der Waals surface area contributed by atoms with Gasteiger partial charge in [0.25, 0.3) is 0 Å². The van der Waals surface area contributed by atoms with E-state index < -0.39 is 0 Å². The number of hydrazine groups is 1. The van der Waals surface area contributed by atoms with Crippen LogP contribution < -0.4 is 16.2 Å². The Kier molecular flexibility index (Phi) is 3.24. The third-order valence-electron chi connectivity index (χ3n) is 2.96. The van der Waals surface area contributed by atoms with Gasteiger partial charge < -0.3 is 10.3 Å². The second-order valence-corrected chi connectivity index (χ2v) is 4.40. The maximum absolute atomic E-state index is 5.54. The highest BCUT2D eigenvalue weighted by molar-refractivity contribution is 5.50. The van der Waals surface area contributed by atoms with Crippen LogP contribution in [0.4, 0.5) is 11.8 Å². The minimum absolute atomic E-state index is 0.730. The largest absolute Gasteiger partial charge is 0.347 e. The van der Waals surface area contributed by atoms with Crippen molar-refractivity contribution in [3.63, 3.8) is 0 Å². The van der Waals surface area contributed by atoms with Crippen LogP contribution in [0.2, 0.25) is 0 Å². The minimum atomic E-state index is 0.730. The van der Waals surface area contributed by atoms with Gasteiger partial charge in [-0.15, -0.1) is 0 Å². The molecule has 2 rings (SSSR count). The Balaban J connectivity index is 2.46. The first kappa shape index (κ1) is 11.1. The molecule has 0 amide bonds. The topological polar surface area (TPSA) is 67.1 Å². The summed E-state index contributed by atoms with van der Waals surface area (Å²) < 4.78 is 0. The highest BCUT2D eigenvalue weighted by atomic mass is 15.3. The Bertz CT molecular complexity index is 375. The summed E-state index contributed by atoms with van der Waals surface area (Å²) in [6.07, 6.45) is 5.74. The fraction of sp³-hybridized carbons (Fsp3) is 0.636. The Hall–Kier alpha value is -1.36. The summed E-state index contributed by atoms with van der Waals surface area (Å²) in [5.74, 6) is 7.05. The van der Waals surface area contributed by atoms with E-state index >= 15 is 0 Å². The molecule has 1 heterocycles. The van der Waals surface area contributed by atoms with Crippen LogP contribution in [-0.2, 0) is 12.8 Å². The van der Waals surface area contributed by atoms with Crippen molar-refractivity contribution in [2.45, 2.75) is 32.1 Å². The molecule has 16 heavy (non-hydrogen) atoms. The third-order valence-corrected chi connectivity index (χ3v) is 2.96. The zero-order valence-corrected chi connectivity index (χ0v) is 9.95. The first-order chi connectivity index (χ1) is 7.72. The molecule has 0 aliphatic heterocycles.